The summed E-state index contributed by atoms with van der Waals surface area (Å²) in [6, 6.07) is 14.3. The summed E-state index contributed by atoms with van der Waals surface area (Å²) in [7, 11) is -3.67. The highest BCUT2D eigenvalue weighted by atomic mass is 32.2. The van der Waals surface area contributed by atoms with Gasteiger partial charge in [-0.15, -0.1) is 0 Å². The van der Waals surface area contributed by atoms with E-state index in [4.69, 9.17) is 4.55 Å². The van der Waals surface area contributed by atoms with Gasteiger partial charge in [-0.1, -0.05) is 24.3 Å². The molecule has 2 aromatic carbocycles. The first-order chi connectivity index (χ1) is 14.5. The van der Waals surface area contributed by atoms with Gasteiger partial charge in [-0.3, -0.25) is 4.55 Å². The number of aliphatic hydroxyl groups excluding tert-OH is 4. The number of aliphatic hydroxyl groups is 4. The molecule has 4 unspecified atom stereocenters. The SMILES string of the molecule is CS(=O)(=O)O.OC(c1nc2ccccc2[nH]1)C(O)C(O)C(O)c1nc2ccccc2[nH]1. The van der Waals surface area contributed by atoms with Crippen LogP contribution in [0.4, 0.5) is 0 Å². The van der Waals surface area contributed by atoms with E-state index in [9.17, 15) is 28.8 Å². The number of aromatic amines is 2. The molecule has 0 bridgehead atoms. The van der Waals surface area contributed by atoms with Crippen molar-refractivity contribution in [3.63, 3.8) is 0 Å². The quantitative estimate of drug-likeness (QED) is 0.211. The van der Waals surface area contributed by atoms with E-state index in [0.29, 0.717) is 28.3 Å². The molecule has 0 aliphatic heterocycles. The Balaban J connectivity index is 0.000000491. The highest BCUT2D eigenvalue weighted by molar-refractivity contribution is 7.85. The number of H-pyrrole nitrogens is 2. The van der Waals surface area contributed by atoms with Gasteiger partial charge in [0.05, 0.1) is 28.3 Å². The molecule has 2 heterocycles. The number of nitrogens with zero attached hydrogens (tertiary/aromatic N) is 2. The number of fused-ring (bicyclic) bond motifs is 2. The van der Waals surface area contributed by atoms with E-state index >= 15 is 0 Å². The minimum Gasteiger partial charge on any atom is -0.387 e. The highest BCUT2D eigenvalue weighted by Crippen LogP contribution is 2.26. The molecule has 31 heavy (non-hydrogen) atoms. The number of nitrogens with one attached hydrogen (secondary N) is 2. The van der Waals surface area contributed by atoms with Crippen LogP contribution in [0.2, 0.25) is 0 Å². The van der Waals surface area contributed by atoms with Crippen molar-refractivity contribution in [2.75, 3.05) is 6.26 Å². The zero-order valence-electron chi connectivity index (χ0n) is 16.3. The van der Waals surface area contributed by atoms with Crippen molar-refractivity contribution in [3.05, 3.63) is 60.2 Å². The van der Waals surface area contributed by atoms with Crippen LogP contribution in [0.5, 0.6) is 0 Å². The minimum atomic E-state index is -3.67. The molecule has 2 aromatic heterocycles. The van der Waals surface area contributed by atoms with Gasteiger partial charge in [0, 0.05) is 0 Å². The van der Waals surface area contributed by atoms with E-state index in [0.717, 1.165) is 0 Å². The van der Waals surface area contributed by atoms with Crippen molar-refractivity contribution >= 4 is 32.2 Å². The van der Waals surface area contributed by atoms with Crippen LogP contribution in [0.15, 0.2) is 48.5 Å². The van der Waals surface area contributed by atoms with Crippen LogP contribution in [0.1, 0.15) is 23.9 Å². The number of imidazole rings is 2. The lowest BCUT2D eigenvalue weighted by Gasteiger charge is -2.24. The largest absolute Gasteiger partial charge is 0.387 e. The summed E-state index contributed by atoms with van der Waals surface area (Å²) >= 11 is 0. The van der Waals surface area contributed by atoms with Gasteiger partial charge in [-0.25, -0.2) is 9.97 Å². The first-order valence-electron chi connectivity index (χ1n) is 9.08. The van der Waals surface area contributed by atoms with Crippen LogP contribution >= 0.6 is 0 Å². The van der Waals surface area contributed by atoms with Crippen LogP contribution in [-0.4, -0.2) is 71.8 Å². The number of aromatic nitrogens is 4. The second kappa shape index (κ2) is 9.09. The lowest BCUT2D eigenvalue weighted by Crippen LogP contribution is -2.37. The van der Waals surface area contributed by atoms with Crippen molar-refractivity contribution in [2.24, 2.45) is 0 Å². The number of hydrogen-bond acceptors (Lipinski definition) is 8. The van der Waals surface area contributed by atoms with Gasteiger partial charge >= 0.3 is 0 Å². The van der Waals surface area contributed by atoms with Crippen molar-refractivity contribution in [1.29, 1.82) is 0 Å². The van der Waals surface area contributed by atoms with Crippen LogP contribution in [0, 0.1) is 0 Å². The Labute approximate surface area is 176 Å². The predicted octanol–water partition coefficient (Wildman–Crippen LogP) is 0.432. The maximum atomic E-state index is 10.4. The summed E-state index contributed by atoms with van der Waals surface area (Å²) in [5.74, 6) is 0.212. The smallest absolute Gasteiger partial charge is 0.261 e. The van der Waals surface area contributed by atoms with Crippen molar-refractivity contribution in [1.82, 2.24) is 19.9 Å². The summed E-state index contributed by atoms with van der Waals surface area (Å²) in [6.45, 7) is 0. The molecular weight excluding hydrogens is 428 g/mol. The number of hydrogen-bond donors (Lipinski definition) is 7. The molecule has 4 rings (SSSR count). The fourth-order valence-corrected chi connectivity index (χ4v) is 2.92. The standard InChI is InChI=1S/C18H18N4O4.CH4O3S/c23-13(15(25)17-19-9-5-1-2-6-10(9)20-17)14(24)16(26)18-21-11-7-3-4-8-12(11)22-18;1-5(2,3)4/h1-8,13-16,23-26H,(H,19,20)(H,21,22);1H3,(H,2,3,4). The van der Waals surface area contributed by atoms with Gasteiger partial charge in [0.15, 0.2) is 0 Å². The van der Waals surface area contributed by atoms with Gasteiger partial charge in [-0.2, -0.15) is 8.42 Å². The molecule has 12 heteroatoms. The zero-order chi connectivity index (χ0) is 22.8. The van der Waals surface area contributed by atoms with Crippen molar-refractivity contribution in [2.45, 2.75) is 24.4 Å². The molecular formula is C19H22N4O7S. The van der Waals surface area contributed by atoms with E-state index in [1.807, 2.05) is 12.1 Å². The average Bonchev–Trinajstić information content (AvgIpc) is 3.34. The van der Waals surface area contributed by atoms with Crippen LogP contribution in [-0.2, 0) is 10.1 Å². The maximum absolute atomic E-state index is 10.4. The lowest BCUT2D eigenvalue weighted by atomic mass is 10.0. The Morgan fingerprint density at radius 2 is 1.06 bits per heavy atom. The minimum absolute atomic E-state index is 0.106. The summed E-state index contributed by atoms with van der Waals surface area (Å²) in [5.41, 5.74) is 2.64. The van der Waals surface area contributed by atoms with E-state index in [2.05, 4.69) is 19.9 Å². The Morgan fingerprint density at radius 1 is 0.742 bits per heavy atom. The van der Waals surface area contributed by atoms with Crippen LogP contribution < -0.4 is 0 Å². The monoisotopic (exact) mass is 450 g/mol. The van der Waals surface area contributed by atoms with E-state index < -0.39 is 34.5 Å². The Hall–Kier alpha value is -2.87. The molecule has 7 N–H and O–H groups in total. The second-order valence-electron chi connectivity index (χ2n) is 6.88. The summed E-state index contributed by atoms with van der Waals surface area (Å²) in [4.78, 5) is 14.2. The van der Waals surface area contributed by atoms with Gasteiger partial charge < -0.3 is 30.4 Å². The number of para-hydroxylation sites is 4. The Morgan fingerprint density at radius 3 is 1.39 bits per heavy atom. The maximum Gasteiger partial charge on any atom is 0.261 e. The third kappa shape index (κ3) is 5.64. The zero-order valence-corrected chi connectivity index (χ0v) is 17.1. The van der Waals surface area contributed by atoms with E-state index in [-0.39, 0.29) is 11.6 Å². The molecule has 0 radical (unpaired) electrons. The van der Waals surface area contributed by atoms with Gasteiger partial charge in [0.1, 0.15) is 36.1 Å². The first kappa shape index (κ1) is 22.8. The normalized spacial score (nSPS) is 15.8. The molecule has 0 amide bonds. The lowest BCUT2D eigenvalue weighted by molar-refractivity contribution is -0.111. The molecule has 166 valence electrons. The van der Waals surface area contributed by atoms with Crippen molar-refractivity contribution < 1.29 is 33.4 Å². The topological polar surface area (TPSA) is 193 Å². The molecule has 0 fully saturated rings. The molecule has 0 saturated heterocycles. The van der Waals surface area contributed by atoms with Gasteiger partial charge in [-0.05, 0) is 24.3 Å². The second-order valence-corrected chi connectivity index (χ2v) is 8.35. The summed E-state index contributed by atoms with van der Waals surface area (Å²) in [5, 5.41) is 41.3. The van der Waals surface area contributed by atoms with E-state index in [1.54, 1.807) is 36.4 Å². The number of benzene rings is 2. The average molecular weight is 450 g/mol. The third-order valence-electron chi connectivity index (χ3n) is 4.37. The van der Waals surface area contributed by atoms with E-state index in [1.165, 1.54) is 0 Å². The number of rotatable bonds is 5. The molecule has 11 nitrogen and oxygen atoms in total. The summed E-state index contributed by atoms with van der Waals surface area (Å²) in [6.07, 6.45) is -5.63. The summed E-state index contributed by atoms with van der Waals surface area (Å²) < 4.78 is 25.9. The first-order valence-corrected chi connectivity index (χ1v) is 10.9. The third-order valence-corrected chi connectivity index (χ3v) is 4.37. The van der Waals surface area contributed by atoms with Gasteiger partial charge in [0.25, 0.3) is 10.1 Å². The Bertz CT molecular complexity index is 1110. The molecule has 0 aliphatic carbocycles. The predicted molar refractivity (Wildman–Crippen MR) is 112 cm³/mol. The van der Waals surface area contributed by atoms with Gasteiger partial charge in [0.2, 0.25) is 0 Å². The fourth-order valence-electron chi connectivity index (χ4n) is 2.92. The molecule has 4 atom stereocenters. The molecule has 0 aliphatic rings. The highest BCUT2D eigenvalue weighted by Gasteiger charge is 2.35. The molecule has 0 saturated carbocycles. The molecule has 0 spiro atoms. The fraction of sp³-hybridized carbons (Fsp3) is 0.263. The van der Waals surface area contributed by atoms with Crippen LogP contribution in [0.3, 0.4) is 0 Å². The van der Waals surface area contributed by atoms with Crippen molar-refractivity contribution in [3.8, 4) is 0 Å². The Kier molecular flexibility index (Phi) is 6.69. The molecule has 4 aromatic rings. The van der Waals surface area contributed by atoms with Crippen LogP contribution in [0.25, 0.3) is 22.1 Å².